The molecule has 1 atom stereocenters. The quantitative estimate of drug-likeness (QED) is 0.587. The van der Waals surface area contributed by atoms with E-state index in [1.165, 1.54) is 12.1 Å². The Hall–Kier alpha value is -3.32. The van der Waals surface area contributed by atoms with Crippen molar-refractivity contribution in [1.29, 1.82) is 0 Å². The molecule has 1 fully saturated rings. The molecule has 0 bridgehead atoms. The van der Waals surface area contributed by atoms with Crippen LogP contribution < -0.4 is 10.1 Å². The Morgan fingerprint density at radius 1 is 1.09 bits per heavy atom. The maximum absolute atomic E-state index is 13.1. The Kier molecular flexibility index (Phi) is 7.40. The van der Waals surface area contributed by atoms with E-state index in [0.29, 0.717) is 12.4 Å². The van der Waals surface area contributed by atoms with Crippen LogP contribution in [0.1, 0.15) is 30.1 Å². The number of amides is 1. The normalized spacial score (nSPS) is 15.8. The molecule has 0 radical (unpaired) electrons. The van der Waals surface area contributed by atoms with Crippen molar-refractivity contribution in [2.75, 3.05) is 26.2 Å². The molecule has 3 aromatic rings. The third kappa shape index (κ3) is 5.88. The standard InChI is InChI=1S/C25H27FN4O2/c26-21-6-8-22(9-7-21)32-17-16-30-14-10-20(11-15-30)25(31)29-24(19-4-2-1-3-5-19)23-18-27-12-13-28-23/h1-9,12-13,18,20,24H,10-11,14-17H2,(H,29,31). The molecular formula is C25H27FN4O2. The number of ether oxygens (including phenoxy) is 1. The highest BCUT2D eigenvalue weighted by Gasteiger charge is 2.27. The summed E-state index contributed by atoms with van der Waals surface area (Å²) >= 11 is 0. The van der Waals surface area contributed by atoms with Gasteiger partial charge >= 0.3 is 0 Å². The Morgan fingerprint density at radius 2 is 1.84 bits per heavy atom. The highest BCUT2D eigenvalue weighted by molar-refractivity contribution is 5.79. The van der Waals surface area contributed by atoms with Gasteiger partial charge in [0, 0.05) is 24.9 Å². The first-order valence-electron chi connectivity index (χ1n) is 10.9. The Balaban J connectivity index is 1.28. The molecule has 6 nitrogen and oxygen atoms in total. The number of nitrogens with one attached hydrogen (secondary N) is 1. The van der Waals surface area contributed by atoms with Crippen LogP contribution in [0.25, 0.3) is 0 Å². The van der Waals surface area contributed by atoms with Gasteiger partial charge in [0.25, 0.3) is 0 Å². The largest absolute Gasteiger partial charge is 0.492 e. The highest BCUT2D eigenvalue weighted by Crippen LogP contribution is 2.23. The summed E-state index contributed by atoms with van der Waals surface area (Å²) in [5.41, 5.74) is 1.71. The smallest absolute Gasteiger partial charge is 0.224 e. The van der Waals surface area contributed by atoms with Crippen molar-refractivity contribution < 1.29 is 13.9 Å². The Labute approximate surface area is 187 Å². The number of halogens is 1. The second-order valence-electron chi connectivity index (χ2n) is 7.90. The fraction of sp³-hybridized carbons (Fsp3) is 0.320. The summed E-state index contributed by atoms with van der Waals surface area (Å²) in [7, 11) is 0. The maximum Gasteiger partial charge on any atom is 0.224 e. The molecule has 166 valence electrons. The molecule has 7 heteroatoms. The zero-order chi connectivity index (χ0) is 22.2. The first-order chi connectivity index (χ1) is 15.7. The summed E-state index contributed by atoms with van der Waals surface area (Å²) < 4.78 is 18.7. The molecule has 4 rings (SSSR count). The minimum absolute atomic E-state index is 0.0350. The van der Waals surface area contributed by atoms with Crippen LogP contribution in [0, 0.1) is 11.7 Å². The third-order valence-electron chi connectivity index (χ3n) is 5.75. The van der Waals surface area contributed by atoms with Crippen LogP contribution in [0.3, 0.4) is 0 Å². The minimum atomic E-state index is -0.320. The van der Waals surface area contributed by atoms with Crippen molar-refractivity contribution in [3.05, 3.63) is 90.3 Å². The van der Waals surface area contributed by atoms with Gasteiger partial charge in [-0.1, -0.05) is 30.3 Å². The second kappa shape index (κ2) is 10.8. The number of piperidine rings is 1. The van der Waals surface area contributed by atoms with Gasteiger partial charge in [-0.25, -0.2) is 4.39 Å². The van der Waals surface area contributed by atoms with Gasteiger partial charge in [-0.2, -0.15) is 0 Å². The molecule has 1 amide bonds. The number of hydrogen-bond donors (Lipinski definition) is 1. The van der Waals surface area contributed by atoms with Crippen LogP contribution in [0.2, 0.25) is 0 Å². The molecular weight excluding hydrogens is 407 g/mol. The number of benzene rings is 2. The lowest BCUT2D eigenvalue weighted by Crippen LogP contribution is -2.43. The van der Waals surface area contributed by atoms with Crippen molar-refractivity contribution in [3.63, 3.8) is 0 Å². The van der Waals surface area contributed by atoms with E-state index in [-0.39, 0.29) is 23.7 Å². The van der Waals surface area contributed by atoms with Crippen molar-refractivity contribution in [2.45, 2.75) is 18.9 Å². The van der Waals surface area contributed by atoms with Gasteiger partial charge < -0.3 is 10.1 Å². The molecule has 1 N–H and O–H groups in total. The number of hydrogen-bond acceptors (Lipinski definition) is 5. The van der Waals surface area contributed by atoms with E-state index in [1.807, 2.05) is 30.3 Å². The van der Waals surface area contributed by atoms with E-state index in [4.69, 9.17) is 4.74 Å². The predicted octanol–water partition coefficient (Wildman–Crippen LogP) is 3.61. The summed E-state index contributed by atoms with van der Waals surface area (Å²) in [6, 6.07) is 15.6. The van der Waals surface area contributed by atoms with Gasteiger partial charge in [0.1, 0.15) is 18.2 Å². The number of likely N-dealkylation sites (tertiary alicyclic amines) is 1. The van der Waals surface area contributed by atoms with Crippen molar-refractivity contribution in [2.24, 2.45) is 5.92 Å². The van der Waals surface area contributed by atoms with E-state index in [0.717, 1.165) is 43.7 Å². The number of nitrogens with zero attached hydrogens (tertiary/aromatic N) is 3. The van der Waals surface area contributed by atoms with Crippen LogP contribution in [0.15, 0.2) is 73.2 Å². The lowest BCUT2D eigenvalue weighted by atomic mass is 9.94. The zero-order valence-corrected chi connectivity index (χ0v) is 17.9. The zero-order valence-electron chi connectivity index (χ0n) is 17.9. The van der Waals surface area contributed by atoms with Gasteiger partial charge in [-0.3, -0.25) is 19.7 Å². The molecule has 0 saturated carbocycles. The number of rotatable bonds is 8. The van der Waals surface area contributed by atoms with E-state index < -0.39 is 0 Å². The second-order valence-corrected chi connectivity index (χ2v) is 7.90. The highest BCUT2D eigenvalue weighted by atomic mass is 19.1. The number of aromatic nitrogens is 2. The lowest BCUT2D eigenvalue weighted by molar-refractivity contribution is -0.127. The maximum atomic E-state index is 13.1. The first kappa shape index (κ1) is 21.9. The van der Waals surface area contributed by atoms with E-state index in [1.54, 1.807) is 30.7 Å². The average molecular weight is 435 g/mol. The predicted molar refractivity (Wildman–Crippen MR) is 120 cm³/mol. The SMILES string of the molecule is O=C(NC(c1ccccc1)c1cnccn1)C1CCN(CCOc2ccc(F)cc2)CC1. The van der Waals surface area contributed by atoms with Crippen molar-refractivity contribution >= 4 is 5.91 Å². The molecule has 2 heterocycles. The summed E-state index contributed by atoms with van der Waals surface area (Å²) in [6.07, 6.45) is 6.56. The number of carbonyl (C=O) groups excluding carboxylic acids is 1. The van der Waals surface area contributed by atoms with Crippen molar-refractivity contribution in [1.82, 2.24) is 20.2 Å². The average Bonchev–Trinajstić information content (AvgIpc) is 2.85. The topological polar surface area (TPSA) is 67.4 Å². The van der Waals surface area contributed by atoms with Crippen LogP contribution in [-0.4, -0.2) is 47.0 Å². The fourth-order valence-electron chi connectivity index (χ4n) is 3.94. The first-order valence-corrected chi connectivity index (χ1v) is 10.9. The Morgan fingerprint density at radius 3 is 2.53 bits per heavy atom. The van der Waals surface area contributed by atoms with Crippen LogP contribution >= 0.6 is 0 Å². The van der Waals surface area contributed by atoms with E-state index in [2.05, 4.69) is 20.2 Å². The molecule has 32 heavy (non-hydrogen) atoms. The molecule has 0 spiro atoms. The summed E-state index contributed by atoms with van der Waals surface area (Å²) in [5, 5.41) is 3.19. The van der Waals surface area contributed by atoms with Gasteiger partial charge in [0.2, 0.25) is 5.91 Å². The van der Waals surface area contributed by atoms with Gasteiger partial charge in [-0.05, 0) is 55.8 Å². The third-order valence-corrected chi connectivity index (χ3v) is 5.75. The van der Waals surface area contributed by atoms with E-state index >= 15 is 0 Å². The molecule has 1 aliphatic heterocycles. The summed E-state index contributed by atoms with van der Waals surface area (Å²) in [6.45, 7) is 2.99. The monoisotopic (exact) mass is 434 g/mol. The number of carbonyl (C=O) groups is 1. The van der Waals surface area contributed by atoms with Crippen molar-refractivity contribution in [3.8, 4) is 5.75 Å². The molecule has 2 aromatic carbocycles. The van der Waals surface area contributed by atoms with Gasteiger partial charge in [0.15, 0.2) is 0 Å². The molecule has 1 aromatic heterocycles. The molecule has 0 aliphatic carbocycles. The van der Waals surface area contributed by atoms with E-state index in [9.17, 15) is 9.18 Å². The van der Waals surface area contributed by atoms with Gasteiger partial charge in [0.05, 0.1) is 17.9 Å². The molecule has 1 aliphatic rings. The minimum Gasteiger partial charge on any atom is -0.492 e. The fourth-order valence-corrected chi connectivity index (χ4v) is 3.94. The molecule has 1 saturated heterocycles. The van der Waals surface area contributed by atoms with Crippen LogP contribution in [0.4, 0.5) is 4.39 Å². The van der Waals surface area contributed by atoms with Crippen LogP contribution in [0.5, 0.6) is 5.75 Å². The Bertz CT molecular complexity index is 938. The van der Waals surface area contributed by atoms with Gasteiger partial charge in [-0.15, -0.1) is 0 Å². The molecule has 1 unspecified atom stereocenters. The lowest BCUT2D eigenvalue weighted by Gasteiger charge is -2.32. The van der Waals surface area contributed by atoms with Crippen LogP contribution in [-0.2, 0) is 4.79 Å². The summed E-state index contributed by atoms with van der Waals surface area (Å²) in [5.74, 6) is 0.405. The summed E-state index contributed by atoms with van der Waals surface area (Å²) in [4.78, 5) is 23.9.